The van der Waals surface area contributed by atoms with Crippen LogP contribution in [-0.2, 0) is 6.42 Å². The fraction of sp³-hybridized carbons (Fsp3) is 0.300. The van der Waals surface area contributed by atoms with Crippen LogP contribution in [0, 0.1) is 5.92 Å². The maximum Gasteiger partial charge on any atom is 0.137 e. The molecule has 0 unspecified atom stereocenters. The lowest BCUT2D eigenvalue weighted by Crippen LogP contribution is -2.10. The summed E-state index contributed by atoms with van der Waals surface area (Å²) in [6.07, 6.45) is 2.42. The van der Waals surface area contributed by atoms with Gasteiger partial charge < -0.3 is 15.8 Å². The average Bonchev–Trinajstić information content (AvgIpc) is 2.61. The Balaban J connectivity index is 1.69. The van der Waals surface area contributed by atoms with Crippen LogP contribution >= 0.6 is 0 Å². The molecule has 3 rings (SSSR count). The summed E-state index contributed by atoms with van der Waals surface area (Å²) >= 11 is 0. The van der Waals surface area contributed by atoms with E-state index in [1.165, 1.54) is 5.56 Å². The first-order valence-corrected chi connectivity index (χ1v) is 8.58. The minimum Gasteiger partial charge on any atom is -0.493 e. The summed E-state index contributed by atoms with van der Waals surface area (Å²) in [5.74, 6) is 2.26. The van der Waals surface area contributed by atoms with Crippen LogP contribution in [0.4, 0.5) is 11.5 Å². The Morgan fingerprint density at radius 3 is 2.80 bits per heavy atom. The number of rotatable bonds is 7. The van der Waals surface area contributed by atoms with Crippen molar-refractivity contribution in [3.63, 3.8) is 0 Å². The molecule has 2 aromatic carbocycles. The molecule has 130 valence electrons. The summed E-state index contributed by atoms with van der Waals surface area (Å²) in [6, 6.07) is 13.8. The number of ether oxygens (including phenoxy) is 1. The van der Waals surface area contributed by atoms with E-state index < -0.39 is 0 Å². The Hall–Kier alpha value is -2.82. The van der Waals surface area contributed by atoms with Crippen molar-refractivity contribution >= 4 is 22.4 Å². The van der Waals surface area contributed by atoms with Gasteiger partial charge >= 0.3 is 0 Å². The van der Waals surface area contributed by atoms with E-state index in [9.17, 15) is 0 Å². The molecule has 0 aliphatic carbocycles. The monoisotopic (exact) mass is 336 g/mol. The Bertz CT molecular complexity index is 848. The molecule has 0 spiro atoms. The summed E-state index contributed by atoms with van der Waals surface area (Å²) in [7, 11) is 0. The fourth-order valence-electron chi connectivity index (χ4n) is 2.64. The number of nitrogens with one attached hydrogen (secondary N) is 1. The molecule has 0 amide bonds. The van der Waals surface area contributed by atoms with Crippen molar-refractivity contribution in [2.45, 2.75) is 20.3 Å². The molecule has 0 radical (unpaired) electrons. The second kappa shape index (κ2) is 7.83. The fourth-order valence-corrected chi connectivity index (χ4v) is 2.64. The number of hydrogen-bond acceptors (Lipinski definition) is 5. The Kier molecular flexibility index (Phi) is 5.33. The van der Waals surface area contributed by atoms with Gasteiger partial charge in [0.25, 0.3) is 0 Å². The van der Waals surface area contributed by atoms with E-state index in [2.05, 4.69) is 35.2 Å². The molecule has 1 heterocycles. The van der Waals surface area contributed by atoms with Crippen molar-refractivity contribution in [1.82, 2.24) is 9.97 Å². The van der Waals surface area contributed by atoms with Crippen molar-refractivity contribution in [3.8, 4) is 5.75 Å². The largest absolute Gasteiger partial charge is 0.493 e. The first-order chi connectivity index (χ1) is 12.1. The highest BCUT2D eigenvalue weighted by molar-refractivity contribution is 5.91. The molecule has 0 bridgehead atoms. The predicted octanol–water partition coefficient (Wildman–Crippen LogP) is 3.90. The van der Waals surface area contributed by atoms with E-state index in [4.69, 9.17) is 10.5 Å². The van der Waals surface area contributed by atoms with E-state index in [1.54, 1.807) is 6.33 Å². The van der Waals surface area contributed by atoms with Crippen LogP contribution in [0.1, 0.15) is 19.4 Å². The Labute approximate surface area is 148 Å². The molecule has 5 nitrogen and oxygen atoms in total. The number of hydrogen-bond donors (Lipinski definition) is 2. The molecule has 1 aromatic heterocycles. The predicted molar refractivity (Wildman–Crippen MR) is 103 cm³/mol. The van der Waals surface area contributed by atoms with Crippen LogP contribution in [0.25, 0.3) is 10.9 Å². The number of fused-ring (bicyclic) bond motifs is 1. The van der Waals surface area contributed by atoms with Gasteiger partial charge in [0, 0.05) is 17.6 Å². The van der Waals surface area contributed by atoms with Crippen LogP contribution in [0.3, 0.4) is 0 Å². The number of para-hydroxylation sites is 1. The summed E-state index contributed by atoms with van der Waals surface area (Å²) in [5, 5.41) is 4.33. The SMILES string of the molecule is CC(C)COc1ccccc1CCNc1ncnc2ccc(N)cc12. The maximum atomic E-state index is 5.92. The second-order valence-electron chi connectivity index (χ2n) is 6.49. The third kappa shape index (κ3) is 4.38. The van der Waals surface area contributed by atoms with E-state index >= 15 is 0 Å². The molecule has 3 N–H and O–H groups in total. The van der Waals surface area contributed by atoms with Gasteiger partial charge in [0.2, 0.25) is 0 Å². The maximum absolute atomic E-state index is 5.92. The van der Waals surface area contributed by atoms with Gasteiger partial charge in [0.1, 0.15) is 17.9 Å². The molecular formula is C20H24N4O. The molecule has 0 aliphatic rings. The lowest BCUT2D eigenvalue weighted by Gasteiger charge is -2.14. The van der Waals surface area contributed by atoms with Crippen LogP contribution < -0.4 is 15.8 Å². The minimum absolute atomic E-state index is 0.504. The first kappa shape index (κ1) is 17.0. The minimum atomic E-state index is 0.504. The third-order valence-corrected chi connectivity index (χ3v) is 3.89. The Morgan fingerprint density at radius 1 is 1.12 bits per heavy atom. The number of aromatic nitrogens is 2. The van der Waals surface area contributed by atoms with Gasteiger partial charge in [-0.2, -0.15) is 0 Å². The summed E-state index contributed by atoms with van der Waals surface area (Å²) in [5.41, 5.74) is 8.67. The molecular weight excluding hydrogens is 312 g/mol. The summed E-state index contributed by atoms with van der Waals surface area (Å²) < 4.78 is 5.92. The Morgan fingerprint density at radius 2 is 1.96 bits per heavy atom. The number of nitrogens with zero attached hydrogens (tertiary/aromatic N) is 2. The van der Waals surface area contributed by atoms with Crippen molar-refractivity contribution in [3.05, 3.63) is 54.4 Å². The molecule has 5 heteroatoms. The van der Waals surface area contributed by atoms with Crippen LogP contribution in [0.15, 0.2) is 48.8 Å². The zero-order valence-corrected chi connectivity index (χ0v) is 14.7. The standard InChI is InChI=1S/C20H24N4O/c1-14(2)12-25-19-6-4-3-5-15(19)9-10-22-20-17-11-16(21)7-8-18(17)23-13-24-20/h3-8,11,13-14H,9-10,12,21H2,1-2H3,(H,22,23,24). The highest BCUT2D eigenvalue weighted by Crippen LogP contribution is 2.23. The van der Waals surface area contributed by atoms with Gasteiger partial charge in [0.05, 0.1) is 12.1 Å². The lowest BCUT2D eigenvalue weighted by atomic mass is 10.1. The normalized spacial score (nSPS) is 11.0. The number of nitrogen functional groups attached to an aromatic ring is 1. The van der Waals surface area contributed by atoms with Crippen molar-refractivity contribution in [1.29, 1.82) is 0 Å². The molecule has 0 saturated carbocycles. The quantitative estimate of drug-likeness (QED) is 0.640. The van der Waals surface area contributed by atoms with Gasteiger partial charge in [-0.05, 0) is 42.2 Å². The van der Waals surface area contributed by atoms with E-state index in [1.807, 2.05) is 36.4 Å². The first-order valence-electron chi connectivity index (χ1n) is 8.58. The van der Waals surface area contributed by atoms with Crippen molar-refractivity contribution in [2.24, 2.45) is 5.92 Å². The van der Waals surface area contributed by atoms with Gasteiger partial charge in [-0.25, -0.2) is 9.97 Å². The third-order valence-electron chi connectivity index (χ3n) is 3.89. The van der Waals surface area contributed by atoms with Gasteiger partial charge in [0.15, 0.2) is 0 Å². The van der Waals surface area contributed by atoms with Gasteiger partial charge in [-0.1, -0.05) is 32.0 Å². The van der Waals surface area contributed by atoms with Gasteiger partial charge in [-0.15, -0.1) is 0 Å². The molecule has 25 heavy (non-hydrogen) atoms. The molecule has 0 aliphatic heterocycles. The zero-order chi connectivity index (χ0) is 17.6. The number of nitrogens with two attached hydrogens (primary N) is 1. The second-order valence-corrected chi connectivity index (χ2v) is 6.49. The van der Waals surface area contributed by atoms with Crippen LogP contribution in [0.2, 0.25) is 0 Å². The molecule has 3 aromatic rings. The van der Waals surface area contributed by atoms with E-state index in [0.29, 0.717) is 11.6 Å². The van der Waals surface area contributed by atoms with Crippen LogP contribution in [0.5, 0.6) is 5.75 Å². The summed E-state index contributed by atoms with van der Waals surface area (Å²) in [6.45, 7) is 5.77. The number of anilines is 2. The molecule has 0 fully saturated rings. The van der Waals surface area contributed by atoms with Crippen molar-refractivity contribution in [2.75, 3.05) is 24.2 Å². The average molecular weight is 336 g/mol. The van der Waals surface area contributed by atoms with E-state index in [-0.39, 0.29) is 0 Å². The highest BCUT2D eigenvalue weighted by atomic mass is 16.5. The van der Waals surface area contributed by atoms with Crippen molar-refractivity contribution < 1.29 is 4.74 Å². The van der Waals surface area contributed by atoms with E-state index in [0.717, 1.165) is 42.0 Å². The molecule has 0 atom stereocenters. The van der Waals surface area contributed by atoms with Crippen LogP contribution in [-0.4, -0.2) is 23.1 Å². The van der Waals surface area contributed by atoms with Gasteiger partial charge in [-0.3, -0.25) is 0 Å². The topological polar surface area (TPSA) is 73.1 Å². The zero-order valence-electron chi connectivity index (χ0n) is 14.7. The summed E-state index contributed by atoms with van der Waals surface area (Å²) in [4.78, 5) is 8.63. The molecule has 0 saturated heterocycles. The highest BCUT2D eigenvalue weighted by Gasteiger charge is 2.06. The smallest absolute Gasteiger partial charge is 0.137 e. The lowest BCUT2D eigenvalue weighted by molar-refractivity contribution is 0.268. The number of benzene rings is 2.